The van der Waals surface area contributed by atoms with Gasteiger partial charge in [0, 0.05) is 10.5 Å². The zero-order valence-electron chi connectivity index (χ0n) is 12.7. The molecule has 24 heavy (non-hydrogen) atoms. The van der Waals surface area contributed by atoms with Crippen LogP contribution >= 0.6 is 15.9 Å². The number of fused-ring (bicyclic) bond motifs is 1. The van der Waals surface area contributed by atoms with Crippen molar-refractivity contribution < 1.29 is 23.8 Å². The Morgan fingerprint density at radius 3 is 2.67 bits per heavy atom. The molecule has 3 rings (SSSR count). The van der Waals surface area contributed by atoms with Crippen molar-refractivity contribution in [2.45, 2.75) is 0 Å². The fraction of sp³-hybridized carbons (Fsp3) is 0.111. The van der Waals surface area contributed by atoms with Crippen LogP contribution in [-0.2, 0) is 9.53 Å². The molecule has 1 heterocycles. The normalized spacial score (nSPS) is 14.2. The lowest BCUT2D eigenvalue weighted by atomic mass is 10.1. The molecular weight excluding hydrogens is 376 g/mol. The lowest BCUT2D eigenvalue weighted by Crippen LogP contribution is -2.12. The van der Waals surface area contributed by atoms with Crippen LogP contribution in [0.1, 0.15) is 15.9 Å². The van der Waals surface area contributed by atoms with Crippen molar-refractivity contribution in [2.24, 2.45) is 0 Å². The first-order valence-electron chi connectivity index (χ1n) is 7.10. The Kier molecular flexibility index (Phi) is 4.66. The largest absolute Gasteiger partial charge is 0.482 e. The summed E-state index contributed by atoms with van der Waals surface area (Å²) in [6, 6.07) is 12.3. The number of ketones is 1. The Labute approximate surface area is 147 Å². The number of hydrogen-bond donors (Lipinski definition) is 0. The van der Waals surface area contributed by atoms with Gasteiger partial charge in [-0.15, -0.1) is 0 Å². The van der Waals surface area contributed by atoms with Gasteiger partial charge in [-0.3, -0.25) is 4.79 Å². The fourth-order valence-electron chi connectivity index (χ4n) is 2.17. The Morgan fingerprint density at radius 2 is 1.96 bits per heavy atom. The number of esters is 1. The molecule has 0 spiro atoms. The highest BCUT2D eigenvalue weighted by molar-refractivity contribution is 9.10. The number of allylic oxidation sites excluding steroid dienone is 1. The van der Waals surface area contributed by atoms with Gasteiger partial charge in [0.2, 0.25) is 5.78 Å². The monoisotopic (exact) mass is 388 g/mol. The Hall–Kier alpha value is -2.60. The number of methoxy groups -OCH3 is 1. The molecular formula is C18H13BrO5. The molecule has 0 N–H and O–H groups in total. The van der Waals surface area contributed by atoms with E-state index in [-0.39, 0.29) is 18.1 Å². The van der Waals surface area contributed by atoms with Gasteiger partial charge in [0.1, 0.15) is 11.5 Å². The smallest absolute Gasteiger partial charge is 0.343 e. The van der Waals surface area contributed by atoms with Crippen LogP contribution in [0.2, 0.25) is 0 Å². The van der Waals surface area contributed by atoms with Gasteiger partial charge < -0.3 is 14.2 Å². The van der Waals surface area contributed by atoms with Gasteiger partial charge in [-0.25, -0.2) is 4.79 Å². The molecule has 0 saturated carbocycles. The van der Waals surface area contributed by atoms with Crippen molar-refractivity contribution in [3.63, 3.8) is 0 Å². The minimum absolute atomic E-state index is 0.188. The zero-order chi connectivity index (χ0) is 17.1. The molecule has 0 unspecified atom stereocenters. The Bertz CT molecular complexity index is 824. The minimum atomic E-state index is -0.483. The van der Waals surface area contributed by atoms with E-state index in [1.165, 1.54) is 7.11 Å². The first kappa shape index (κ1) is 16.3. The van der Waals surface area contributed by atoms with E-state index in [4.69, 9.17) is 9.47 Å². The standard InChI is InChI=1S/C18H13BrO5/c1-22-17(20)10-23-13-6-7-14-15(9-13)24-16(18(14)21)8-11-2-4-12(19)5-3-11/h2-9H,10H2,1H3/b16-8-. The van der Waals surface area contributed by atoms with Gasteiger partial charge in [-0.1, -0.05) is 28.1 Å². The summed E-state index contributed by atoms with van der Waals surface area (Å²) in [6.07, 6.45) is 1.68. The number of ether oxygens (including phenoxy) is 3. The average molecular weight is 389 g/mol. The number of carbonyl (C=O) groups excluding carboxylic acids is 2. The predicted octanol–water partition coefficient (Wildman–Crippen LogP) is 3.62. The number of halogens is 1. The van der Waals surface area contributed by atoms with E-state index in [1.807, 2.05) is 24.3 Å². The maximum atomic E-state index is 12.4. The molecule has 6 heteroatoms. The summed E-state index contributed by atoms with van der Waals surface area (Å²) in [7, 11) is 1.29. The van der Waals surface area contributed by atoms with Crippen LogP contribution in [-0.4, -0.2) is 25.5 Å². The summed E-state index contributed by atoms with van der Waals surface area (Å²) < 4.78 is 16.4. The van der Waals surface area contributed by atoms with Crippen molar-refractivity contribution in [3.8, 4) is 11.5 Å². The number of benzene rings is 2. The van der Waals surface area contributed by atoms with Gasteiger partial charge in [-0.2, -0.15) is 0 Å². The molecule has 0 saturated heterocycles. The zero-order valence-corrected chi connectivity index (χ0v) is 14.3. The molecule has 0 bridgehead atoms. The van der Waals surface area contributed by atoms with E-state index >= 15 is 0 Å². The molecule has 2 aromatic rings. The summed E-state index contributed by atoms with van der Waals surface area (Å²) in [6.45, 7) is -0.204. The number of rotatable bonds is 4. The Morgan fingerprint density at radius 1 is 1.21 bits per heavy atom. The van der Waals surface area contributed by atoms with E-state index in [1.54, 1.807) is 24.3 Å². The highest BCUT2D eigenvalue weighted by atomic mass is 79.9. The highest BCUT2D eigenvalue weighted by Gasteiger charge is 2.27. The second-order valence-electron chi connectivity index (χ2n) is 5.01. The van der Waals surface area contributed by atoms with E-state index in [2.05, 4.69) is 20.7 Å². The van der Waals surface area contributed by atoms with Crippen LogP contribution in [0.25, 0.3) is 6.08 Å². The second-order valence-corrected chi connectivity index (χ2v) is 5.93. The van der Waals surface area contributed by atoms with E-state index in [0.717, 1.165) is 10.0 Å². The molecule has 2 aromatic carbocycles. The third-order valence-corrected chi connectivity index (χ3v) is 3.92. The second kappa shape index (κ2) is 6.88. The molecule has 0 aromatic heterocycles. The van der Waals surface area contributed by atoms with Crippen molar-refractivity contribution in [1.82, 2.24) is 0 Å². The first-order chi connectivity index (χ1) is 11.6. The van der Waals surface area contributed by atoms with E-state index in [9.17, 15) is 9.59 Å². The number of hydrogen-bond acceptors (Lipinski definition) is 5. The van der Waals surface area contributed by atoms with Crippen LogP contribution in [0.5, 0.6) is 11.5 Å². The SMILES string of the molecule is COC(=O)COc1ccc2c(c1)O/C(=C\c1ccc(Br)cc1)C2=O. The highest BCUT2D eigenvalue weighted by Crippen LogP contribution is 2.34. The molecule has 0 atom stereocenters. The van der Waals surface area contributed by atoms with Crippen LogP contribution in [0.4, 0.5) is 0 Å². The minimum Gasteiger partial charge on any atom is -0.482 e. The molecule has 122 valence electrons. The fourth-order valence-corrected chi connectivity index (χ4v) is 2.43. The van der Waals surface area contributed by atoms with Gasteiger partial charge in [-0.05, 0) is 35.9 Å². The van der Waals surface area contributed by atoms with Crippen LogP contribution in [0.15, 0.2) is 52.7 Å². The van der Waals surface area contributed by atoms with Gasteiger partial charge in [0.05, 0.1) is 12.7 Å². The first-order valence-corrected chi connectivity index (χ1v) is 7.89. The number of Topliss-reactive ketones (excluding diaryl/α,β-unsaturated/α-hetero) is 1. The van der Waals surface area contributed by atoms with Crippen molar-refractivity contribution in [3.05, 3.63) is 63.8 Å². The molecule has 1 aliphatic heterocycles. The summed E-state index contributed by atoms with van der Waals surface area (Å²) in [5.41, 5.74) is 1.32. The van der Waals surface area contributed by atoms with Crippen LogP contribution in [0, 0.1) is 0 Å². The molecule has 0 aliphatic carbocycles. The maximum Gasteiger partial charge on any atom is 0.343 e. The average Bonchev–Trinajstić information content (AvgIpc) is 2.90. The predicted molar refractivity (Wildman–Crippen MR) is 91.0 cm³/mol. The third-order valence-electron chi connectivity index (χ3n) is 3.39. The maximum absolute atomic E-state index is 12.4. The lowest BCUT2D eigenvalue weighted by Gasteiger charge is -2.05. The number of carbonyl (C=O) groups is 2. The van der Waals surface area contributed by atoms with Gasteiger partial charge >= 0.3 is 5.97 Å². The summed E-state index contributed by atoms with van der Waals surface area (Å²) in [5, 5.41) is 0. The molecule has 0 radical (unpaired) electrons. The molecule has 0 amide bonds. The molecule has 5 nitrogen and oxygen atoms in total. The van der Waals surface area contributed by atoms with E-state index in [0.29, 0.717) is 17.1 Å². The van der Waals surface area contributed by atoms with Crippen molar-refractivity contribution in [1.29, 1.82) is 0 Å². The summed E-state index contributed by atoms with van der Waals surface area (Å²) in [5.74, 6) is 0.413. The molecule has 1 aliphatic rings. The van der Waals surface area contributed by atoms with Crippen LogP contribution in [0.3, 0.4) is 0 Å². The third kappa shape index (κ3) is 3.49. The van der Waals surface area contributed by atoms with Crippen molar-refractivity contribution in [2.75, 3.05) is 13.7 Å². The van der Waals surface area contributed by atoms with Gasteiger partial charge in [0.25, 0.3) is 0 Å². The summed E-state index contributed by atoms with van der Waals surface area (Å²) >= 11 is 3.37. The van der Waals surface area contributed by atoms with Gasteiger partial charge in [0.15, 0.2) is 12.4 Å². The van der Waals surface area contributed by atoms with E-state index < -0.39 is 5.97 Å². The molecule has 0 fully saturated rings. The van der Waals surface area contributed by atoms with Crippen molar-refractivity contribution >= 4 is 33.8 Å². The topological polar surface area (TPSA) is 61.8 Å². The lowest BCUT2D eigenvalue weighted by molar-refractivity contribution is -0.142. The quantitative estimate of drug-likeness (QED) is 0.591. The van der Waals surface area contributed by atoms with Crippen LogP contribution < -0.4 is 9.47 Å². The Balaban J connectivity index is 1.79. The summed E-state index contributed by atoms with van der Waals surface area (Å²) in [4.78, 5) is 23.5.